The number of hydrazine groups is 1. The zero-order valence-corrected chi connectivity index (χ0v) is 13.2. The number of para-hydroxylation sites is 1. The van der Waals surface area contributed by atoms with Gasteiger partial charge in [-0.05, 0) is 30.0 Å². The van der Waals surface area contributed by atoms with E-state index >= 15 is 0 Å². The highest BCUT2D eigenvalue weighted by Gasteiger charge is 2.18. The molecule has 21 heavy (non-hydrogen) atoms. The number of thiophene rings is 1. The van der Waals surface area contributed by atoms with Crippen molar-refractivity contribution in [2.24, 2.45) is 5.84 Å². The highest BCUT2D eigenvalue weighted by Crippen LogP contribution is 2.33. The minimum Gasteiger partial charge on any atom is -0.271 e. The molecule has 0 spiro atoms. The summed E-state index contributed by atoms with van der Waals surface area (Å²) in [5.41, 5.74) is 5.94. The SMILES string of the molecule is Cc1csc(C(Cc2ccc3ccccc3n2)NN)c1Cl. The molecule has 0 aliphatic rings. The minimum absolute atomic E-state index is 0.0233. The standard InChI is InChI=1S/C16H16ClN3S/c1-10-9-21-16(15(10)17)14(20-18)8-12-7-6-11-4-2-3-5-13(11)19-12/h2-7,9,14,20H,8,18H2,1H3. The number of nitrogens with one attached hydrogen (secondary N) is 1. The van der Waals surface area contributed by atoms with Crippen LogP contribution in [0, 0.1) is 6.92 Å². The molecule has 3 rings (SSSR count). The van der Waals surface area contributed by atoms with Gasteiger partial charge in [0.25, 0.3) is 0 Å². The molecule has 0 aliphatic heterocycles. The number of nitrogens with two attached hydrogens (primary N) is 1. The first-order valence-corrected chi connectivity index (χ1v) is 7.99. The lowest BCUT2D eigenvalue weighted by Gasteiger charge is -2.15. The lowest BCUT2D eigenvalue weighted by atomic mass is 10.1. The third-order valence-electron chi connectivity index (χ3n) is 3.51. The van der Waals surface area contributed by atoms with E-state index in [-0.39, 0.29) is 6.04 Å². The van der Waals surface area contributed by atoms with Crippen LogP contribution in [0.1, 0.15) is 22.2 Å². The molecular weight excluding hydrogens is 302 g/mol. The van der Waals surface area contributed by atoms with Gasteiger partial charge in [-0.2, -0.15) is 0 Å². The Kier molecular flexibility index (Phi) is 4.22. The molecule has 5 heteroatoms. The summed E-state index contributed by atoms with van der Waals surface area (Å²) in [4.78, 5) is 5.75. The summed E-state index contributed by atoms with van der Waals surface area (Å²) < 4.78 is 0. The van der Waals surface area contributed by atoms with Crippen LogP contribution in [0.25, 0.3) is 10.9 Å². The quantitative estimate of drug-likeness (QED) is 0.565. The van der Waals surface area contributed by atoms with E-state index in [1.807, 2.05) is 31.2 Å². The number of fused-ring (bicyclic) bond motifs is 1. The number of pyridine rings is 1. The van der Waals surface area contributed by atoms with Gasteiger partial charge in [-0.25, -0.2) is 0 Å². The van der Waals surface area contributed by atoms with Crippen LogP contribution in [-0.2, 0) is 6.42 Å². The van der Waals surface area contributed by atoms with Gasteiger partial charge in [0.1, 0.15) is 0 Å². The zero-order valence-electron chi connectivity index (χ0n) is 11.6. The van der Waals surface area contributed by atoms with Crippen molar-refractivity contribution in [3.05, 3.63) is 62.9 Å². The number of nitrogens with zero attached hydrogens (tertiary/aromatic N) is 1. The number of aromatic nitrogens is 1. The predicted octanol–water partition coefficient (Wildman–Crippen LogP) is 4.01. The fourth-order valence-corrected chi connectivity index (χ4v) is 3.73. The van der Waals surface area contributed by atoms with Crippen LogP contribution in [0.4, 0.5) is 0 Å². The topological polar surface area (TPSA) is 50.9 Å². The normalized spacial score (nSPS) is 12.7. The number of aryl methyl sites for hydroxylation is 1. The molecule has 0 saturated carbocycles. The van der Waals surface area contributed by atoms with Gasteiger partial charge in [-0.15, -0.1) is 11.3 Å². The summed E-state index contributed by atoms with van der Waals surface area (Å²) in [7, 11) is 0. The molecule has 3 aromatic rings. The largest absolute Gasteiger partial charge is 0.271 e. The van der Waals surface area contributed by atoms with E-state index in [4.69, 9.17) is 22.4 Å². The van der Waals surface area contributed by atoms with E-state index in [2.05, 4.69) is 22.9 Å². The van der Waals surface area contributed by atoms with Crippen molar-refractivity contribution in [3.63, 3.8) is 0 Å². The first-order chi connectivity index (χ1) is 10.2. The monoisotopic (exact) mass is 317 g/mol. The number of benzene rings is 1. The molecule has 0 amide bonds. The van der Waals surface area contributed by atoms with Crippen LogP contribution in [0.2, 0.25) is 5.02 Å². The molecule has 3 nitrogen and oxygen atoms in total. The summed E-state index contributed by atoms with van der Waals surface area (Å²) in [6.45, 7) is 2.00. The Bertz CT molecular complexity index is 769. The van der Waals surface area contributed by atoms with E-state index < -0.39 is 0 Å². The van der Waals surface area contributed by atoms with Gasteiger partial charge in [0.2, 0.25) is 0 Å². The molecule has 2 aromatic heterocycles. The molecule has 0 aliphatic carbocycles. The van der Waals surface area contributed by atoms with Gasteiger partial charge < -0.3 is 0 Å². The summed E-state index contributed by atoms with van der Waals surface area (Å²) in [5, 5.41) is 3.99. The molecule has 1 aromatic carbocycles. The molecule has 3 N–H and O–H groups in total. The van der Waals surface area contributed by atoms with E-state index in [1.165, 1.54) is 0 Å². The van der Waals surface area contributed by atoms with Crippen molar-refractivity contribution in [3.8, 4) is 0 Å². The van der Waals surface area contributed by atoms with Crippen molar-refractivity contribution in [1.29, 1.82) is 0 Å². The second-order valence-electron chi connectivity index (χ2n) is 5.02. The Morgan fingerprint density at radius 3 is 2.81 bits per heavy atom. The maximum Gasteiger partial charge on any atom is 0.0705 e. The second kappa shape index (κ2) is 6.12. The van der Waals surface area contributed by atoms with Crippen molar-refractivity contribution >= 4 is 33.8 Å². The average molecular weight is 318 g/mol. The van der Waals surface area contributed by atoms with Gasteiger partial charge in [0, 0.05) is 22.4 Å². The number of hydrogen-bond acceptors (Lipinski definition) is 4. The summed E-state index contributed by atoms with van der Waals surface area (Å²) >= 11 is 7.97. The highest BCUT2D eigenvalue weighted by atomic mass is 35.5. The first-order valence-electron chi connectivity index (χ1n) is 6.73. The van der Waals surface area contributed by atoms with Crippen molar-refractivity contribution in [2.45, 2.75) is 19.4 Å². The number of rotatable bonds is 4. The van der Waals surface area contributed by atoms with Gasteiger partial charge in [-0.3, -0.25) is 16.3 Å². The molecule has 0 saturated heterocycles. The molecule has 1 atom stereocenters. The maximum absolute atomic E-state index is 6.34. The minimum atomic E-state index is -0.0233. The number of hydrogen-bond donors (Lipinski definition) is 2. The van der Waals surface area contributed by atoms with E-state index in [9.17, 15) is 0 Å². The number of halogens is 1. The Labute approximate surface area is 132 Å². The van der Waals surface area contributed by atoms with Gasteiger partial charge in [-0.1, -0.05) is 35.9 Å². The summed E-state index contributed by atoms with van der Waals surface area (Å²) in [6, 6.07) is 12.2. The Hall–Kier alpha value is -1.46. The fraction of sp³-hybridized carbons (Fsp3) is 0.188. The Morgan fingerprint density at radius 2 is 2.10 bits per heavy atom. The van der Waals surface area contributed by atoms with Crippen LogP contribution in [0.15, 0.2) is 41.8 Å². The molecule has 1 unspecified atom stereocenters. The zero-order chi connectivity index (χ0) is 14.8. The van der Waals surface area contributed by atoms with Crippen LogP contribution < -0.4 is 11.3 Å². The third kappa shape index (κ3) is 2.94. The van der Waals surface area contributed by atoms with Crippen LogP contribution in [0.5, 0.6) is 0 Å². The van der Waals surface area contributed by atoms with Crippen LogP contribution >= 0.6 is 22.9 Å². The fourth-order valence-electron chi connectivity index (χ4n) is 2.34. The van der Waals surface area contributed by atoms with Crippen LogP contribution in [-0.4, -0.2) is 4.98 Å². The highest BCUT2D eigenvalue weighted by molar-refractivity contribution is 7.10. The lowest BCUT2D eigenvalue weighted by Crippen LogP contribution is -2.29. The Morgan fingerprint density at radius 1 is 1.29 bits per heavy atom. The van der Waals surface area contributed by atoms with E-state index in [1.54, 1.807) is 11.3 Å². The molecule has 2 heterocycles. The molecular formula is C16H16ClN3S. The average Bonchev–Trinajstić information content (AvgIpc) is 2.84. The Balaban J connectivity index is 1.90. The first kappa shape index (κ1) is 14.5. The summed E-state index contributed by atoms with van der Waals surface area (Å²) in [5.74, 6) is 5.71. The molecule has 0 fully saturated rings. The van der Waals surface area contributed by atoms with Crippen LogP contribution in [0.3, 0.4) is 0 Å². The smallest absolute Gasteiger partial charge is 0.0705 e. The lowest BCUT2D eigenvalue weighted by molar-refractivity contribution is 0.555. The second-order valence-corrected chi connectivity index (χ2v) is 6.30. The molecule has 0 bridgehead atoms. The van der Waals surface area contributed by atoms with E-state index in [0.29, 0.717) is 6.42 Å². The molecule has 0 radical (unpaired) electrons. The summed E-state index contributed by atoms with van der Waals surface area (Å²) in [6.07, 6.45) is 0.709. The van der Waals surface area contributed by atoms with Gasteiger partial charge in [0.15, 0.2) is 0 Å². The van der Waals surface area contributed by atoms with Gasteiger partial charge >= 0.3 is 0 Å². The predicted molar refractivity (Wildman–Crippen MR) is 89.6 cm³/mol. The molecule has 108 valence electrons. The van der Waals surface area contributed by atoms with E-state index in [0.717, 1.165) is 32.1 Å². The van der Waals surface area contributed by atoms with Gasteiger partial charge in [0.05, 0.1) is 16.6 Å². The van der Waals surface area contributed by atoms with Crippen molar-refractivity contribution in [2.75, 3.05) is 0 Å². The van der Waals surface area contributed by atoms with Crippen molar-refractivity contribution in [1.82, 2.24) is 10.4 Å². The maximum atomic E-state index is 6.34. The van der Waals surface area contributed by atoms with Crippen molar-refractivity contribution < 1.29 is 0 Å². The third-order valence-corrected chi connectivity index (χ3v) is 5.34.